The van der Waals surface area contributed by atoms with E-state index in [2.05, 4.69) is 15.5 Å². The van der Waals surface area contributed by atoms with Crippen LogP contribution in [0.3, 0.4) is 0 Å². The van der Waals surface area contributed by atoms with Crippen molar-refractivity contribution < 1.29 is 14.4 Å². The first-order valence-electron chi connectivity index (χ1n) is 13.5. The maximum Gasteiger partial charge on any atom is 0.251 e. The fourth-order valence-corrected chi connectivity index (χ4v) is 5.46. The molecule has 1 saturated heterocycles. The molecule has 8 nitrogen and oxygen atoms in total. The van der Waals surface area contributed by atoms with Crippen molar-refractivity contribution in [3.63, 3.8) is 0 Å². The van der Waals surface area contributed by atoms with Gasteiger partial charge >= 0.3 is 0 Å². The predicted octanol–water partition coefficient (Wildman–Crippen LogP) is 2.87. The van der Waals surface area contributed by atoms with Crippen LogP contribution in [0.4, 0.5) is 11.4 Å². The zero-order valence-electron chi connectivity index (χ0n) is 20.6. The first-order valence-corrected chi connectivity index (χ1v) is 13.5. The minimum absolute atomic E-state index is 0.0293. The number of hydrogen-bond donors (Lipinski definition) is 3. The number of rotatable bonds is 6. The minimum Gasteiger partial charge on any atom is -0.368 e. The monoisotopic (exact) mass is 481 g/mol. The van der Waals surface area contributed by atoms with Crippen molar-refractivity contribution in [1.29, 1.82) is 0 Å². The van der Waals surface area contributed by atoms with Gasteiger partial charge in [-0.05, 0) is 76.0 Å². The number of anilines is 2. The summed E-state index contributed by atoms with van der Waals surface area (Å²) in [6.07, 6.45) is 9.61. The molecule has 1 aliphatic heterocycles. The average Bonchev–Trinajstić information content (AvgIpc) is 3.67. The number of hydrogen-bond acceptors (Lipinski definition) is 5. The zero-order valence-corrected chi connectivity index (χ0v) is 20.6. The van der Waals surface area contributed by atoms with Gasteiger partial charge in [0.25, 0.3) is 5.91 Å². The first-order chi connectivity index (χ1) is 17.0. The molecule has 1 aromatic rings. The van der Waals surface area contributed by atoms with E-state index in [1.54, 1.807) is 0 Å². The molecule has 3 saturated carbocycles. The standard InChI is InChI=1S/C27H39N5O3/c28-21-8-10-22(11-9-21)29-26(34)20-7-12-24(23(17-20)30-25(33)18-5-6-18)31-13-2-14-32(16-15-31)27(35)19-3-1-4-19/h7,12,17-19,21-22H,1-6,8-11,13-16,28H2,(H,29,34)(H,30,33). The number of nitrogens with zero attached hydrogens (tertiary/aromatic N) is 2. The van der Waals surface area contributed by atoms with Gasteiger partial charge in [-0.25, -0.2) is 0 Å². The second-order valence-corrected chi connectivity index (χ2v) is 10.9. The molecule has 0 atom stereocenters. The summed E-state index contributed by atoms with van der Waals surface area (Å²) in [5.74, 6) is 0.518. The summed E-state index contributed by atoms with van der Waals surface area (Å²) in [6, 6.07) is 6.02. The Hall–Kier alpha value is -2.61. The van der Waals surface area contributed by atoms with Crippen molar-refractivity contribution in [1.82, 2.24) is 10.2 Å². The smallest absolute Gasteiger partial charge is 0.251 e. The number of amides is 3. The number of nitrogens with two attached hydrogens (primary N) is 1. The fraction of sp³-hybridized carbons (Fsp3) is 0.667. The Morgan fingerprint density at radius 3 is 2.29 bits per heavy atom. The van der Waals surface area contributed by atoms with E-state index >= 15 is 0 Å². The Morgan fingerprint density at radius 1 is 0.829 bits per heavy atom. The third-order valence-corrected chi connectivity index (χ3v) is 8.17. The van der Waals surface area contributed by atoms with Crippen LogP contribution in [0, 0.1) is 11.8 Å². The van der Waals surface area contributed by atoms with Crippen LogP contribution in [0.2, 0.25) is 0 Å². The van der Waals surface area contributed by atoms with Crippen LogP contribution in [-0.2, 0) is 9.59 Å². The van der Waals surface area contributed by atoms with Gasteiger partial charge in [-0.1, -0.05) is 6.42 Å². The van der Waals surface area contributed by atoms with Gasteiger partial charge in [0.1, 0.15) is 0 Å². The van der Waals surface area contributed by atoms with Gasteiger partial charge in [0.15, 0.2) is 0 Å². The number of benzene rings is 1. The molecule has 4 fully saturated rings. The average molecular weight is 482 g/mol. The topological polar surface area (TPSA) is 108 Å². The van der Waals surface area contributed by atoms with Crippen molar-refractivity contribution >= 4 is 29.1 Å². The third kappa shape index (κ3) is 5.80. The van der Waals surface area contributed by atoms with Crippen LogP contribution in [0.25, 0.3) is 0 Å². The lowest BCUT2D eigenvalue weighted by Gasteiger charge is -2.31. The van der Waals surface area contributed by atoms with Gasteiger partial charge in [-0.15, -0.1) is 0 Å². The molecular weight excluding hydrogens is 442 g/mol. The summed E-state index contributed by atoms with van der Waals surface area (Å²) in [6.45, 7) is 3.01. The highest BCUT2D eigenvalue weighted by molar-refractivity contribution is 6.01. The van der Waals surface area contributed by atoms with E-state index in [0.717, 1.165) is 89.5 Å². The number of carbonyl (C=O) groups excluding carboxylic acids is 3. The molecule has 0 radical (unpaired) electrons. The van der Waals surface area contributed by atoms with Gasteiger partial charge in [0.05, 0.1) is 11.4 Å². The summed E-state index contributed by atoms with van der Waals surface area (Å²) in [5.41, 5.74) is 8.19. The minimum atomic E-state index is -0.105. The quantitative estimate of drug-likeness (QED) is 0.579. The van der Waals surface area contributed by atoms with E-state index in [-0.39, 0.29) is 35.7 Å². The van der Waals surface area contributed by atoms with Crippen molar-refractivity contribution in [2.45, 2.75) is 76.3 Å². The summed E-state index contributed by atoms with van der Waals surface area (Å²) in [7, 11) is 0. The highest BCUT2D eigenvalue weighted by Gasteiger charge is 2.32. The molecule has 4 aliphatic rings. The van der Waals surface area contributed by atoms with Gasteiger partial charge in [-0.3, -0.25) is 14.4 Å². The first kappa shape index (κ1) is 24.1. The second-order valence-electron chi connectivity index (χ2n) is 10.9. The largest absolute Gasteiger partial charge is 0.368 e. The van der Waals surface area contributed by atoms with E-state index in [1.165, 1.54) is 0 Å². The molecule has 190 valence electrons. The SMILES string of the molecule is NC1CCC(NC(=O)c2ccc(N3CCCN(C(=O)C4CCC4)CC3)c(NC(=O)C3CC3)c2)CC1. The lowest BCUT2D eigenvalue weighted by molar-refractivity contribution is -0.137. The lowest BCUT2D eigenvalue weighted by atomic mass is 9.84. The van der Waals surface area contributed by atoms with Crippen molar-refractivity contribution in [2.24, 2.45) is 17.6 Å². The van der Waals surface area contributed by atoms with Crippen LogP contribution in [-0.4, -0.2) is 60.9 Å². The summed E-state index contributed by atoms with van der Waals surface area (Å²) in [5, 5.41) is 6.26. The van der Waals surface area contributed by atoms with E-state index in [4.69, 9.17) is 5.73 Å². The third-order valence-electron chi connectivity index (χ3n) is 8.17. The Morgan fingerprint density at radius 2 is 1.60 bits per heavy atom. The van der Waals surface area contributed by atoms with Crippen molar-refractivity contribution in [2.75, 3.05) is 36.4 Å². The molecule has 0 unspecified atom stereocenters. The van der Waals surface area contributed by atoms with Crippen molar-refractivity contribution in [3.05, 3.63) is 23.8 Å². The predicted molar refractivity (Wildman–Crippen MR) is 136 cm³/mol. The molecule has 3 aliphatic carbocycles. The van der Waals surface area contributed by atoms with Crippen LogP contribution in [0.15, 0.2) is 18.2 Å². The molecule has 1 aromatic carbocycles. The Labute approximate surface area is 208 Å². The van der Waals surface area contributed by atoms with Crippen LogP contribution >= 0.6 is 0 Å². The highest BCUT2D eigenvalue weighted by atomic mass is 16.2. The van der Waals surface area contributed by atoms with E-state index in [9.17, 15) is 14.4 Å². The second kappa shape index (κ2) is 10.6. The van der Waals surface area contributed by atoms with Gasteiger partial charge in [-0.2, -0.15) is 0 Å². The van der Waals surface area contributed by atoms with Gasteiger partial charge in [0.2, 0.25) is 11.8 Å². The summed E-state index contributed by atoms with van der Waals surface area (Å²) < 4.78 is 0. The van der Waals surface area contributed by atoms with Gasteiger partial charge < -0.3 is 26.2 Å². The lowest BCUT2D eigenvalue weighted by Crippen LogP contribution is -2.41. The molecule has 35 heavy (non-hydrogen) atoms. The molecule has 5 rings (SSSR count). The van der Waals surface area contributed by atoms with Crippen LogP contribution in [0.5, 0.6) is 0 Å². The van der Waals surface area contributed by atoms with Crippen LogP contribution < -0.4 is 21.3 Å². The van der Waals surface area contributed by atoms with Gasteiger partial charge in [0, 0.05) is 55.7 Å². The maximum absolute atomic E-state index is 13.0. The molecule has 8 heteroatoms. The van der Waals surface area contributed by atoms with Crippen LogP contribution in [0.1, 0.15) is 74.6 Å². The summed E-state index contributed by atoms with van der Waals surface area (Å²) >= 11 is 0. The number of carbonyl (C=O) groups is 3. The maximum atomic E-state index is 13.0. The molecular formula is C27H39N5O3. The zero-order chi connectivity index (χ0) is 24.4. The molecule has 0 bridgehead atoms. The normalized spacial score (nSPS) is 25.4. The fourth-order valence-electron chi connectivity index (χ4n) is 5.46. The Balaban J connectivity index is 1.30. The highest BCUT2D eigenvalue weighted by Crippen LogP contribution is 2.34. The molecule has 4 N–H and O–H groups in total. The van der Waals surface area contributed by atoms with E-state index in [0.29, 0.717) is 23.7 Å². The molecule has 1 heterocycles. The van der Waals surface area contributed by atoms with Crippen molar-refractivity contribution in [3.8, 4) is 0 Å². The van der Waals surface area contributed by atoms with E-state index < -0.39 is 0 Å². The van der Waals surface area contributed by atoms with E-state index in [1.807, 2.05) is 23.1 Å². The summed E-state index contributed by atoms with van der Waals surface area (Å²) in [4.78, 5) is 42.7. The molecule has 3 amide bonds. The number of nitrogens with one attached hydrogen (secondary N) is 2. The molecule has 0 aromatic heterocycles. The molecule has 0 spiro atoms. The Kier molecular flexibility index (Phi) is 7.27. The Bertz CT molecular complexity index is 950.